The van der Waals surface area contributed by atoms with Crippen LogP contribution in [0, 0.1) is 5.92 Å². The SMILES string of the molecule is CN(C[C@@H]1CCCN(C)[C@H]1c1cnn(C)c1)C(=O)NC[C@H]1CCCO1. The maximum Gasteiger partial charge on any atom is 0.317 e. The highest BCUT2D eigenvalue weighted by molar-refractivity contribution is 5.73. The van der Waals surface area contributed by atoms with Gasteiger partial charge in [0.2, 0.25) is 0 Å². The number of hydrogen-bond donors (Lipinski definition) is 1. The van der Waals surface area contributed by atoms with Crippen molar-refractivity contribution < 1.29 is 9.53 Å². The third-order valence-corrected chi connectivity index (χ3v) is 5.43. The van der Waals surface area contributed by atoms with Crippen molar-refractivity contribution in [2.45, 2.75) is 37.8 Å². The minimum absolute atomic E-state index is 0.00587. The van der Waals surface area contributed by atoms with Gasteiger partial charge >= 0.3 is 6.03 Å². The van der Waals surface area contributed by atoms with E-state index in [0.717, 1.165) is 39.0 Å². The van der Waals surface area contributed by atoms with Gasteiger partial charge in [0.05, 0.1) is 12.3 Å². The summed E-state index contributed by atoms with van der Waals surface area (Å²) in [5.41, 5.74) is 1.24. The second kappa shape index (κ2) is 8.19. The number of likely N-dealkylation sites (tertiary alicyclic amines) is 1. The summed E-state index contributed by atoms with van der Waals surface area (Å²) in [5, 5.41) is 7.35. The van der Waals surface area contributed by atoms with E-state index in [0.29, 0.717) is 18.5 Å². The van der Waals surface area contributed by atoms with Gasteiger partial charge in [0.1, 0.15) is 0 Å². The number of ether oxygens (including phenoxy) is 1. The number of piperidine rings is 1. The molecule has 0 radical (unpaired) electrons. The smallest absolute Gasteiger partial charge is 0.317 e. The van der Waals surface area contributed by atoms with Gasteiger partial charge in [0.25, 0.3) is 0 Å². The van der Waals surface area contributed by atoms with Crippen molar-refractivity contribution in [3.8, 4) is 0 Å². The molecule has 3 rings (SSSR count). The predicted octanol–water partition coefficient (Wildman–Crippen LogP) is 1.62. The zero-order valence-electron chi connectivity index (χ0n) is 15.6. The molecule has 2 saturated heterocycles. The Labute approximate surface area is 150 Å². The molecule has 0 bridgehead atoms. The number of aryl methyl sites for hydroxylation is 1. The molecule has 2 amide bonds. The highest BCUT2D eigenvalue weighted by Gasteiger charge is 2.33. The van der Waals surface area contributed by atoms with Crippen LogP contribution in [0.1, 0.15) is 37.3 Å². The minimum Gasteiger partial charge on any atom is -0.376 e. The van der Waals surface area contributed by atoms with E-state index in [1.165, 1.54) is 12.0 Å². The molecule has 2 fully saturated rings. The Kier molecular flexibility index (Phi) is 5.96. The summed E-state index contributed by atoms with van der Waals surface area (Å²) in [4.78, 5) is 16.6. The highest BCUT2D eigenvalue weighted by Crippen LogP contribution is 2.35. The number of nitrogens with one attached hydrogen (secondary N) is 1. The van der Waals surface area contributed by atoms with E-state index in [2.05, 4.69) is 28.6 Å². The van der Waals surface area contributed by atoms with Crippen LogP contribution in [0.15, 0.2) is 12.4 Å². The molecule has 0 saturated carbocycles. The summed E-state index contributed by atoms with van der Waals surface area (Å²) in [5.74, 6) is 0.418. The normalized spacial score (nSPS) is 27.4. The van der Waals surface area contributed by atoms with Crippen LogP contribution in [0.5, 0.6) is 0 Å². The van der Waals surface area contributed by atoms with Crippen molar-refractivity contribution in [3.05, 3.63) is 18.0 Å². The first-order valence-corrected chi connectivity index (χ1v) is 9.34. The van der Waals surface area contributed by atoms with Crippen LogP contribution in [0.25, 0.3) is 0 Å². The van der Waals surface area contributed by atoms with Gasteiger partial charge in [-0.1, -0.05) is 0 Å². The van der Waals surface area contributed by atoms with E-state index in [1.807, 2.05) is 29.9 Å². The number of urea groups is 1. The average Bonchev–Trinajstić information content (AvgIpc) is 3.24. The summed E-state index contributed by atoms with van der Waals surface area (Å²) in [6, 6.07) is 0.310. The molecule has 7 heteroatoms. The standard InChI is InChI=1S/C18H31N5O2/c1-21-8-4-6-14(17(21)15-10-20-23(3)13-15)12-22(2)18(24)19-11-16-7-5-9-25-16/h10,13-14,16-17H,4-9,11-12H2,1-3H3,(H,19,24)/t14-,16+,17+/m0/s1. The van der Waals surface area contributed by atoms with Crippen molar-refractivity contribution in [1.29, 1.82) is 0 Å². The van der Waals surface area contributed by atoms with E-state index < -0.39 is 0 Å². The average molecular weight is 349 g/mol. The van der Waals surface area contributed by atoms with Crippen molar-refractivity contribution in [2.75, 3.05) is 40.3 Å². The largest absolute Gasteiger partial charge is 0.376 e. The molecule has 1 aromatic rings. The first kappa shape index (κ1) is 18.2. The summed E-state index contributed by atoms with van der Waals surface area (Å²) >= 11 is 0. The molecule has 3 heterocycles. The molecule has 25 heavy (non-hydrogen) atoms. The molecule has 1 N–H and O–H groups in total. The summed E-state index contributed by atoms with van der Waals surface area (Å²) in [6.07, 6.45) is 8.67. The Morgan fingerprint density at radius 1 is 1.40 bits per heavy atom. The lowest BCUT2D eigenvalue weighted by Crippen LogP contribution is -2.46. The first-order valence-electron chi connectivity index (χ1n) is 9.34. The van der Waals surface area contributed by atoms with Gasteiger partial charge in [-0.05, 0) is 45.2 Å². The molecule has 3 atom stereocenters. The van der Waals surface area contributed by atoms with Gasteiger partial charge in [0.15, 0.2) is 0 Å². The lowest BCUT2D eigenvalue weighted by molar-refractivity contribution is 0.0947. The van der Waals surface area contributed by atoms with Crippen LogP contribution in [-0.2, 0) is 11.8 Å². The maximum absolute atomic E-state index is 12.4. The second-order valence-corrected chi connectivity index (χ2v) is 7.48. The van der Waals surface area contributed by atoms with Gasteiger partial charge in [-0.15, -0.1) is 0 Å². The number of aromatic nitrogens is 2. The summed E-state index contributed by atoms with van der Waals surface area (Å²) < 4.78 is 7.43. The van der Waals surface area contributed by atoms with E-state index in [9.17, 15) is 4.79 Å². The minimum atomic E-state index is -0.00587. The number of carbonyl (C=O) groups is 1. The third kappa shape index (κ3) is 4.52. The molecule has 0 spiro atoms. The second-order valence-electron chi connectivity index (χ2n) is 7.48. The van der Waals surface area contributed by atoms with E-state index >= 15 is 0 Å². The van der Waals surface area contributed by atoms with Crippen molar-refractivity contribution in [3.63, 3.8) is 0 Å². The molecule has 2 aliphatic heterocycles. The van der Waals surface area contributed by atoms with Crippen LogP contribution < -0.4 is 5.32 Å². The zero-order valence-corrected chi connectivity index (χ0v) is 15.6. The number of nitrogens with zero attached hydrogens (tertiary/aromatic N) is 4. The maximum atomic E-state index is 12.4. The Morgan fingerprint density at radius 2 is 2.24 bits per heavy atom. The molecule has 140 valence electrons. The van der Waals surface area contributed by atoms with Crippen molar-refractivity contribution in [2.24, 2.45) is 13.0 Å². The van der Waals surface area contributed by atoms with Gasteiger partial charge in [0, 0.05) is 51.6 Å². The van der Waals surface area contributed by atoms with E-state index in [4.69, 9.17) is 4.74 Å². The van der Waals surface area contributed by atoms with Crippen LogP contribution in [0.3, 0.4) is 0 Å². The lowest BCUT2D eigenvalue weighted by atomic mass is 9.86. The molecule has 0 aliphatic carbocycles. The van der Waals surface area contributed by atoms with Gasteiger partial charge in [-0.3, -0.25) is 9.58 Å². The molecule has 0 aromatic carbocycles. The Bertz CT molecular complexity index is 570. The quantitative estimate of drug-likeness (QED) is 0.877. The monoisotopic (exact) mass is 349 g/mol. The fraction of sp³-hybridized carbons (Fsp3) is 0.778. The molecule has 0 unspecified atom stereocenters. The number of hydrogen-bond acceptors (Lipinski definition) is 4. The van der Waals surface area contributed by atoms with Crippen LogP contribution in [0.2, 0.25) is 0 Å². The van der Waals surface area contributed by atoms with Crippen molar-refractivity contribution in [1.82, 2.24) is 24.9 Å². The number of carbonyl (C=O) groups excluding carboxylic acids is 1. The lowest BCUT2D eigenvalue weighted by Gasteiger charge is -2.40. The Morgan fingerprint density at radius 3 is 2.92 bits per heavy atom. The van der Waals surface area contributed by atoms with Gasteiger partial charge < -0.3 is 15.0 Å². The molecular weight excluding hydrogens is 318 g/mol. The van der Waals surface area contributed by atoms with Crippen LogP contribution in [0.4, 0.5) is 4.79 Å². The highest BCUT2D eigenvalue weighted by atomic mass is 16.5. The zero-order chi connectivity index (χ0) is 17.8. The fourth-order valence-electron chi connectivity index (χ4n) is 4.15. The van der Waals surface area contributed by atoms with Crippen molar-refractivity contribution >= 4 is 6.03 Å². The first-order chi connectivity index (χ1) is 12.0. The van der Waals surface area contributed by atoms with Gasteiger partial charge in [-0.2, -0.15) is 5.10 Å². The summed E-state index contributed by atoms with van der Waals surface area (Å²) in [6.45, 7) is 3.27. The summed E-state index contributed by atoms with van der Waals surface area (Å²) in [7, 11) is 6.01. The molecule has 2 aliphatic rings. The number of rotatable bonds is 5. The third-order valence-electron chi connectivity index (χ3n) is 5.43. The fourth-order valence-corrected chi connectivity index (χ4v) is 4.15. The van der Waals surface area contributed by atoms with Crippen LogP contribution in [-0.4, -0.2) is 72.1 Å². The Hall–Kier alpha value is -1.60. The predicted molar refractivity (Wildman–Crippen MR) is 96.3 cm³/mol. The number of amides is 2. The van der Waals surface area contributed by atoms with E-state index in [-0.39, 0.29) is 12.1 Å². The van der Waals surface area contributed by atoms with Crippen LogP contribution >= 0.6 is 0 Å². The topological polar surface area (TPSA) is 62.6 Å². The Balaban J connectivity index is 1.57. The molecule has 7 nitrogen and oxygen atoms in total. The molecule has 1 aromatic heterocycles. The molecular formula is C18H31N5O2. The van der Waals surface area contributed by atoms with Gasteiger partial charge in [-0.25, -0.2) is 4.79 Å². The van der Waals surface area contributed by atoms with E-state index in [1.54, 1.807) is 0 Å².